The number of thiophene rings is 1. The van der Waals surface area contributed by atoms with Crippen molar-refractivity contribution >= 4 is 46.1 Å². The van der Waals surface area contributed by atoms with Gasteiger partial charge in [0.1, 0.15) is 4.88 Å². The van der Waals surface area contributed by atoms with Gasteiger partial charge in [-0.1, -0.05) is 23.2 Å². The van der Waals surface area contributed by atoms with E-state index in [1.165, 1.54) is 11.3 Å². The molecule has 1 amide bonds. The predicted octanol–water partition coefficient (Wildman–Crippen LogP) is 4.01. The lowest BCUT2D eigenvalue weighted by Gasteiger charge is -2.04. The summed E-state index contributed by atoms with van der Waals surface area (Å²) in [5, 5.41) is 5.24. The first kappa shape index (κ1) is 12.4. The maximum atomic E-state index is 11.9. The van der Waals surface area contributed by atoms with E-state index in [9.17, 15) is 4.79 Å². The van der Waals surface area contributed by atoms with Gasteiger partial charge in [-0.3, -0.25) is 4.79 Å². The Morgan fingerprint density at radius 3 is 2.82 bits per heavy atom. The summed E-state index contributed by atoms with van der Waals surface area (Å²) in [6.45, 7) is 1.85. The molecule has 0 unspecified atom stereocenters. The Balaban J connectivity index is 2.23. The molecular weight excluding hydrogens is 279 g/mol. The van der Waals surface area contributed by atoms with E-state index in [0.717, 1.165) is 5.56 Å². The maximum Gasteiger partial charge on any atom is 0.267 e. The zero-order valence-electron chi connectivity index (χ0n) is 8.83. The molecule has 2 heterocycles. The van der Waals surface area contributed by atoms with E-state index in [-0.39, 0.29) is 11.1 Å². The van der Waals surface area contributed by atoms with Crippen LogP contribution in [0.5, 0.6) is 0 Å². The quantitative estimate of drug-likeness (QED) is 0.848. The first-order valence-electron chi connectivity index (χ1n) is 4.75. The van der Waals surface area contributed by atoms with Gasteiger partial charge >= 0.3 is 0 Å². The number of anilines is 1. The number of aromatic nitrogens is 1. The van der Waals surface area contributed by atoms with E-state index >= 15 is 0 Å². The lowest BCUT2D eigenvalue weighted by molar-refractivity contribution is 0.103. The van der Waals surface area contributed by atoms with Crippen LogP contribution in [0.1, 0.15) is 15.2 Å². The number of nitrogens with one attached hydrogen (secondary N) is 1. The van der Waals surface area contributed by atoms with Crippen LogP contribution in [-0.4, -0.2) is 10.9 Å². The first-order valence-corrected chi connectivity index (χ1v) is 6.38. The van der Waals surface area contributed by atoms with Crippen molar-refractivity contribution < 1.29 is 4.79 Å². The summed E-state index contributed by atoms with van der Waals surface area (Å²) in [4.78, 5) is 16.3. The van der Waals surface area contributed by atoms with Crippen LogP contribution in [0.25, 0.3) is 0 Å². The molecule has 2 aromatic heterocycles. The zero-order valence-corrected chi connectivity index (χ0v) is 11.2. The van der Waals surface area contributed by atoms with Crippen molar-refractivity contribution in [1.82, 2.24) is 4.98 Å². The highest BCUT2D eigenvalue weighted by Gasteiger charge is 2.15. The molecule has 2 rings (SSSR count). The number of carbonyl (C=O) groups is 1. The van der Waals surface area contributed by atoms with Gasteiger partial charge in [0.25, 0.3) is 5.91 Å². The van der Waals surface area contributed by atoms with Gasteiger partial charge in [0.05, 0.1) is 10.7 Å². The maximum absolute atomic E-state index is 11.9. The van der Waals surface area contributed by atoms with Gasteiger partial charge in [-0.25, -0.2) is 4.98 Å². The second-order valence-electron chi connectivity index (χ2n) is 3.36. The highest BCUT2D eigenvalue weighted by molar-refractivity contribution is 7.13. The van der Waals surface area contributed by atoms with Crippen LogP contribution in [0.3, 0.4) is 0 Å². The smallest absolute Gasteiger partial charge is 0.267 e. The van der Waals surface area contributed by atoms with Crippen LogP contribution < -0.4 is 5.32 Å². The monoisotopic (exact) mass is 286 g/mol. The van der Waals surface area contributed by atoms with E-state index in [1.807, 2.05) is 12.3 Å². The van der Waals surface area contributed by atoms with Crippen LogP contribution in [0.4, 0.5) is 5.69 Å². The number of hydrogen-bond donors (Lipinski definition) is 1. The average molecular weight is 287 g/mol. The van der Waals surface area contributed by atoms with E-state index < -0.39 is 0 Å². The molecule has 2 aromatic rings. The number of rotatable bonds is 2. The molecular formula is C11H8Cl2N2OS. The SMILES string of the molecule is Cc1csc(C(=O)Nc2cccnc2Cl)c1Cl. The van der Waals surface area contributed by atoms with Gasteiger partial charge < -0.3 is 5.32 Å². The molecule has 0 saturated heterocycles. The van der Waals surface area contributed by atoms with Crippen LogP contribution in [0.2, 0.25) is 10.2 Å². The number of nitrogens with zero attached hydrogens (tertiary/aromatic N) is 1. The summed E-state index contributed by atoms with van der Waals surface area (Å²) in [7, 11) is 0. The first-order chi connectivity index (χ1) is 8.09. The number of halogens is 2. The summed E-state index contributed by atoms with van der Waals surface area (Å²) >= 11 is 13.2. The van der Waals surface area contributed by atoms with Crippen molar-refractivity contribution in [1.29, 1.82) is 0 Å². The molecule has 88 valence electrons. The van der Waals surface area contributed by atoms with Crippen molar-refractivity contribution in [3.63, 3.8) is 0 Å². The van der Waals surface area contributed by atoms with Crippen molar-refractivity contribution in [2.45, 2.75) is 6.92 Å². The Morgan fingerprint density at radius 2 is 2.24 bits per heavy atom. The lowest BCUT2D eigenvalue weighted by atomic mass is 10.3. The number of pyridine rings is 1. The molecule has 0 bridgehead atoms. The van der Waals surface area contributed by atoms with Gasteiger partial charge in [-0.15, -0.1) is 11.3 Å². The average Bonchev–Trinajstić information content (AvgIpc) is 2.63. The van der Waals surface area contributed by atoms with Gasteiger partial charge in [-0.2, -0.15) is 0 Å². The summed E-state index contributed by atoms with van der Waals surface area (Å²) in [6.07, 6.45) is 1.56. The largest absolute Gasteiger partial charge is 0.319 e. The van der Waals surface area contributed by atoms with E-state index in [2.05, 4.69) is 10.3 Å². The summed E-state index contributed by atoms with van der Waals surface area (Å²) in [5.74, 6) is -0.275. The highest BCUT2D eigenvalue weighted by atomic mass is 35.5. The van der Waals surface area contributed by atoms with E-state index in [1.54, 1.807) is 18.3 Å². The summed E-state index contributed by atoms with van der Waals surface area (Å²) < 4.78 is 0. The molecule has 0 aliphatic rings. The fourth-order valence-electron chi connectivity index (χ4n) is 1.24. The Labute approximate surface area is 112 Å². The second-order valence-corrected chi connectivity index (χ2v) is 4.97. The minimum absolute atomic E-state index is 0.255. The molecule has 0 aliphatic carbocycles. The third-order valence-corrected chi connectivity index (χ3v) is 4.11. The lowest BCUT2D eigenvalue weighted by Crippen LogP contribution is -2.11. The molecule has 3 nitrogen and oxygen atoms in total. The molecule has 0 aliphatic heterocycles. The van der Waals surface area contributed by atoms with Crippen LogP contribution >= 0.6 is 34.5 Å². The van der Waals surface area contributed by atoms with E-state index in [0.29, 0.717) is 15.6 Å². The number of aryl methyl sites for hydroxylation is 1. The second kappa shape index (κ2) is 5.04. The summed E-state index contributed by atoms with van der Waals surface area (Å²) in [5.41, 5.74) is 1.36. The molecule has 0 saturated carbocycles. The van der Waals surface area contributed by atoms with E-state index in [4.69, 9.17) is 23.2 Å². The van der Waals surface area contributed by atoms with Crippen molar-refractivity contribution in [3.8, 4) is 0 Å². The summed E-state index contributed by atoms with van der Waals surface area (Å²) in [6, 6.07) is 3.38. The number of carbonyl (C=O) groups excluding carboxylic acids is 1. The number of amides is 1. The van der Waals surface area contributed by atoms with Gasteiger partial charge in [0, 0.05) is 6.20 Å². The zero-order chi connectivity index (χ0) is 12.4. The molecule has 0 radical (unpaired) electrons. The van der Waals surface area contributed by atoms with Crippen molar-refractivity contribution in [2.75, 3.05) is 5.32 Å². The normalized spacial score (nSPS) is 10.3. The molecule has 1 N–H and O–H groups in total. The predicted molar refractivity (Wildman–Crippen MR) is 71.3 cm³/mol. The van der Waals surface area contributed by atoms with Crippen LogP contribution in [0, 0.1) is 6.92 Å². The Kier molecular flexibility index (Phi) is 3.66. The highest BCUT2D eigenvalue weighted by Crippen LogP contribution is 2.28. The van der Waals surface area contributed by atoms with Crippen molar-refractivity contribution in [3.05, 3.63) is 44.3 Å². The molecule has 0 fully saturated rings. The van der Waals surface area contributed by atoms with Gasteiger partial charge in [0.15, 0.2) is 5.15 Å². The molecule has 0 aromatic carbocycles. The minimum Gasteiger partial charge on any atom is -0.319 e. The third kappa shape index (κ3) is 2.60. The fourth-order valence-corrected chi connectivity index (χ4v) is 2.58. The Hall–Kier alpha value is -1.10. The van der Waals surface area contributed by atoms with Crippen LogP contribution in [-0.2, 0) is 0 Å². The van der Waals surface area contributed by atoms with Crippen LogP contribution in [0.15, 0.2) is 23.7 Å². The van der Waals surface area contributed by atoms with Crippen molar-refractivity contribution in [2.24, 2.45) is 0 Å². The van der Waals surface area contributed by atoms with Gasteiger partial charge in [0.2, 0.25) is 0 Å². The number of hydrogen-bond acceptors (Lipinski definition) is 3. The Morgan fingerprint density at radius 1 is 1.47 bits per heavy atom. The Bertz CT molecular complexity index is 568. The van der Waals surface area contributed by atoms with Gasteiger partial charge in [-0.05, 0) is 30.0 Å². The molecule has 0 atom stereocenters. The molecule has 6 heteroatoms. The minimum atomic E-state index is -0.275. The standard InChI is InChI=1S/C11H8Cl2N2OS/c1-6-5-17-9(8(6)12)11(16)15-7-3-2-4-14-10(7)13/h2-5H,1H3,(H,15,16). The fraction of sp³-hybridized carbons (Fsp3) is 0.0909. The third-order valence-electron chi connectivity index (χ3n) is 2.11. The topological polar surface area (TPSA) is 42.0 Å². The molecule has 0 spiro atoms. The molecule has 17 heavy (non-hydrogen) atoms.